The number of hydrogen-bond donors (Lipinski definition) is 0. The van der Waals surface area contributed by atoms with Gasteiger partial charge < -0.3 is 4.74 Å². The molecule has 0 atom stereocenters. The molecule has 0 fully saturated rings. The molecule has 0 aliphatic heterocycles. The molecule has 0 N–H and O–H groups in total. The van der Waals surface area contributed by atoms with Crippen LogP contribution in [0.25, 0.3) is 0 Å². The molecule has 1 aromatic carbocycles. The van der Waals surface area contributed by atoms with E-state index in [1.54, 1.807) is 0 Å². The number of rotatable bonds is 2. The van der Waals surface area contributed by atoms with Gasteiger partial charge in [-0.25, -0.2) is 13.2 Å². The molecule has 0 aliphatic carbocycles. The van der Waals surface area contributed by atoms with Crippen LogP contribution in [0.3, 0.4) is 0 Å². The summed E-state index contributed by atoms with van der Waals surface area (Å²) in [4.78, 5) is 10.9. The van der Waals surface area contributed by atoms with E-state index in [1.807, 2.05) is 0 Å². The summed E-state index contributed by atoms with van der Waals surface area (Å²) in [6.45, 7) is 0. The second kappa shape index (κ2) is 5.20. The summed E-state index contributed by atoms with van der Waals surface area (Å²) in [6, 6.07) is 0.959. The molecule has 0 amide bonds. The first-order valence-corrected chi connectivity index (χ1v) is 7.35. The van der Waals surface area contributed by atoms with Crippen LogP contribution >= 0.6 is 45.5 Å². The molecular weight excluding hydrogens is 334 g/mol. The molecule has 0 aromatic heterocycles. The van der Waals surface area contributed by atoms with Crippen LogP contribution in [0, 0.1) is 0 Å². The number of methoxy groups -OCH3 is 1. The Hall–Kier alpha value is -0.200. The van der Waals surface area contributed by atoms with Crippen LogP contribution in [0.1, 0.15) is 10.4 Å². The van der Waals surface area contributed by atoms with Crippen molar-refractivity contribution in [3.63, 3.8) is 0 Å². The quantitative estimate of drug-likeness (QED) is 0.471. The SMILES string of the molecule is COC(=O)c1c(Cl)c(Cl)cc(S(=O)(=O)Cl)c1Cl. The molecule has 94 valence electrons. The van der Waals surface area contributed by atoms with Crippen LogP contribution in [0.15, 0.2) is 11.0 Å². The first kappa shape index (κ1) is 14.9. The lowest BCUT2D eigenvalue weighted by atomic mass is 10.2. The smallest absolute Gasteiger partial charge is 0.341 e. The Morgan fingerprint density at radius 2 is 1.76 bits per heavy atom. The van der Waals surface area contributed by atoms with Crippen molar-refractivity contribution in [3.8, 4) is 0 Å². The first-order chi connectivity index (χ1) is 7.70. The highest BCUT2D eigenvalue weighted by Gasteiger charge is 2.26. The van der Waals surface area contributed by atoms with E-state index in [-0.39, 0.29) is 15.6 Å². The van der Waals surface area contributed by atoms with E-state index >= 15 is 0 Å². The summed E-state index contributed by atoms with van der Waals surface area (Å²) in [6.07, 6.45) is 0. The number of ether oxygens (including phenoxy) is 1. The molecule has 1 aromatic rings. The Labute approximate surface area is 117 Å². The van der Waals surface area contributed by atoms with Gasteiger partial charge in [-0.05, 0) is 6.07 Å². The minimum absolute atomic E-state index is 0.171. The van der Waals surface area contributed by atoms with Crippen molar-refractivity contribution in [1.29, 1.82) is 0 Å². The van der Waals surface area contributed by atoms with Crippen LogP contribution in [-0.4, -0.2) is 21.5 Å². The molecule has 9 heteroatoms. The Kier molecular flexibility index (Phi) is 4.54. The van der Waals surface area contributed by atoms with Gasteiger partial charge in [0.15, 0.2) is 0 Å². The maximum absolute atomic E-state index is 11.4. The third-order valence-electron chi connectivity index (χ3n) is 1.78. The zero-order valence-corrected chi connectivity index (χ0v) is 12.0. The molecule has 0 heterocycles. The van der Waals surface area contributed by atoms with E-state index < -0.39 is 24.9 Å². The van der Waals surface area contributed by atoms with Gasteiger partial charge in [-0.15, -0.1) is 0 Å². The van der Waals surface area contributed by atoms with Crippen molar-refractivity contribution in [2.45, 2.75) is 4.90 Å². The highest BCUT2D eigenvalue weighted by Crippen LogP contribution is 2.38. The maximum atomic E-state index is 11.4. The third kappa shape index (κ3) is 2.98. The van der Waals surface area contributed by atoms with E-state index in [1.165, 1.54) is 0 Å². The highest BCUT2D eigenvalue weighted by atomic mass is 35.7. The zero-order valence-electron chi connectivity index (χ0n) is 8.13. The van der Waals surface area contributed by atoms with Crippen molar-refractivity contribution >= 4 is 60.5 Å². The lowest BCUT2D eigenvalue weighted by molar-refractivity contribution is 0.0601. The summed E-state index contributed by atoms with van der Waals surface area (Å²) >= 11 is 17.2. The van der Waals surface area contributed by atoms with Gasteiger partial charge in [0.2, 0.25) is 0 Å². The standard InChI is InChI=1S/C8H4Cl4O4S/c1-16-8(13)5-6(10)3(9)2-4(7(5)11)17(12,14)15/h2H,1H3. The van der Waals surface area contributed by atoms with Gasteiger partial charge in [-0.2, -0.15) is 0 Å². The van der Waals surface area contributed by atoms with Gasteiger partial charge in [0, 0.05) is 10.7 Å². The fraction of sp³-hybridized carbons (Fsp3) is 0.125. The van der Waals surface area contributed by atoms with Crippen LogP contribution in [-0.2, 0) is 13.8 Å². The number of esters is 1. The third-order valence-corrected chi connectivity index (χ3v) is 4.41. The maximum Gasteiger partial charge on any atom is 0.341 e. The van der Waals surface area contributed by atoms with Crippen molar-refractivity contribution in [2.75, 3.05) is 7.11 Å². The molecule has 0 saturated heterocycles. The van der Waals surface area contributed by atoms with Crippen molar-refractivity contribution in [1.82, 2.24) is 0 Å². The van der Waals surface area contributed by atoms with Gasteiger partial charge in [-0.3, -0.25) is 0 Å². The molecule has 17 heavy (non-hydrogen) atoms. The van der Waals surface area contributed by atoms with Crippen LogP contribution in [0.5, 0.6) is 0 Å². The van der Waals surface area contributed by atoms with Crippen LogP contribution < -0.4 is 0 Å². The fourth-order valence-electron chi connectivity index (χ4n) is 1.04. The lowest BCUT2D eigenvalue weighted by Crippen LogP contribution is -2.06. The van der Waals surface area contributed by atoms with E-state index in [0.29, 0.717) is 0 Å². The predicted molar refractivity (Wildman–Crippen MR) is 65.9 cm³/mol. The average molecular weight is 338 g/mol. The zero-order chi connectivity index (χ0) is 13.4. The molecule has 1 rings (SSSR count). The number of hydrogen-bond acceptors (Lipinski definition) is 4. The number of carbonyl (C=O) groups excluding carboxylic acids is 1. The summed E-state index contributed by atoms with van der Waals surface area (Å²) in [7, 11) is 2.08. The van der Waals surface area contributed by atoms with E-state index in [9.17, 15) is 13.2 Å². The van der Waals surface area contributed by atoms with Gasteiger partial charge in [-0.1, -0.05) is 34.8 Å². The predicted octanol–water partition coefficient (Wildman–Crippen LogP) is 3.36. The van der Waals surface area contributed by atoms with Crippen molar-refractivity contribution < 1.29 is 17.9 Å². The van der Waals surface area contributed by atoms with Gasteiger partial charge in [0.25, 0.3) is 9.05 Å². The minimum atomic E-state index is -4.15. The summed E-state index contributed by atoms with van der Waals surface area (Å²) in [5.74, 6) is -0.913. The second-order valence-corrected chi connectivity index (χ2v) is 6.49. The topological polar surface area (TPSA) is 60.4 Å². The monoisotopic (exact) mass is 336 g/mol. The van der Waals surface area contributed by atoms with E-state index in [2.05, 4.69) is 4.74 Å². The number of carbonyl (C=O) groups is 1. The summed E-state index contributed by atoms with van der Waals surface area (Å²) in [5.41, 5.74) is -0.345. The van der Waals surface area contributed by atoms with Crippen LogP contribution in [0.4, 0.5) is 0 Å². The highest BCUT2D eigenvalue weighted by molar-refractivity contribution is 8.13. The lowest BCUT2D eigenvalue weighted by Gasteiger charge is -2.09. The minimum Gasteiger partial charge on any atom is -0.465 e. The average Bonchev–Trinajstić information content (AvgIpc) is 2.21. The summed E-state index contributed by atoms with van der Waals surface area (Å²) in [5, 5.41) is -0.801. The number of benzene rings is 1. The molecular formula is C8H4Cl4O4S. The van der Waals surface area contributed by atoms with E-state index in [0.717, 1.165) is 13.2 Å². The molecule has 0 radical (unpaired) electrons. The molecule has 0 saturated carbocycles. The molecule has 4 nitrogen and oxygen atoms in total. The Morgan fingerprint density at radius 1 is 1.24 bits per heavy atom. The van der Waals surface area contributed by atoms with Gasteiger partial charge in [0.1, 0.15) is 4.90 Å². The molecule has 0 aliphatic rings. The Balaban J connectivity index is 3.72. The van der Waals surface area contributed by atoms with Crippen molar-refractivity contribution in [3.05, 3.63) is 26.7 Å². The Morgan fingerprint density at radius 3 is 2.18 bits per heavy atom. The normalized spacial score (nSPS) is 11.4. The van der Waals surface area contributed by atoms with E-state index in [4.69, 9.17) is 45.5 Å². The Bertz CT molecular complexity index is 582. The number of halogens is 4. The molecule has 0 spiro atoms. The van der Waals surface area contributed by atoms with Gasteiger partial charge in [0.05, 0.1) is 27.7 Å². The molecule has 0 unspecified atom stereocenters. The first-order valence-electron chi connectivity index (χ1n) is 3.90. The fourth-order valence-corrected chi connectivity index (χ4v) is 3.17. The van der Waals surface area contributed by atoms with Crippen molar-refractivity contribution in [2.24, 2.45) is 0 Å². The largest absolute Gasteiger partial charge is 0.465 e. The second-order valence-electron chi connectivity index (χ2n) is 2.79. The molecule has 0 bridgehead atoms. The van der Waals surface area contributed by atoms with Crippen LogP contribution in [0.2, 0.25) is 15.1 Å². The van der Waals surface area contributed by atoms with Gasteiger partial charge >= 0.3 is 5.97 Å². The summed E-state index contributed by atoms with van der Waals surface area (Å²) < 4.78 is 26.8.